The van der Waals surface area contributed by atoms with Crippen LogP contribution in [0.1, 0.15) is 18.7 Å². The van der Waals surface area contributed by atoms with Crippen LogP contribution in [0.5, 0.6) is 0 Å². The number of anilines is 2. The highest BCUT2D eigenvalue weighted by Crippen LogP contribution is 2.20. The lowest BCUT2D eigenvalue weighted by Gasteiger charge is -2.17. The van der Waals surface area contributed by atoms with Gasteiger partial charge >= 0.3 is 0 Å². The predicted octanol–water partition coefficient (Wildman–Crippen LogP) is 1.76. The third-order valence-electron chi connectivity index (χ3n) is 2.60. The molecule has 1 fully saturated rings. The average molecular weight is 204 g/mol. The lowest BCUT2D eigenvalue weighted by molar-refractivity contribution is 0.924. The second kappa shape index (κ2) is 4.29. The summed E-state index contributed by atoms with van der Waals surface area (Å²) in [5, 5.41) is 3.04. The van der Waals surface area contributed by atoms with Gasteiger partial charge < -0.3 is 10.2 Å². The summed E-state index contributed by atoms with van der Waals surface area (Å²) in [6.45, 7) is 5.89. The van der Waals surface area contributed by atoms with Crippen LogP contribution in [-0.4, -0.2) is 30.1 Å². The van der Waals surface area contributed by atoms with Crippen LogP contribution in [0.4, 0.5) is 11.6 Å². The lowest BCUT2D eigenvalue weighted by atomic mass is 10.4. The van der Waals surface area contributed by atoms with Crippen molar-refractivity contribution in [2.45, 2.75) is 12.8 Å². The van der Waals surface area contributed by atoms with Crippen LogP contribution >= 0.6 is 0 Å². The Kier molecular flexibility index (Phi) is 2.85. The molecule has 0 atom stereocenters. The van der Waals surface area contributed by atoms with Gasteiger partial charge in [0, 0.05) is 26.2 Å². The lowest BCUT2D eigenvalue weighted by Crippen LogP contribution is -2.19. The Balaban J connectivity index is 2.32. The molecule has 0 saturated carbocycles. The van der Waals surface area contributed by atoms with Gasteiger partial charge in [0.15, 0.2) is 5.82 Å². The van der Waals surface area contributed by atoms with Gasteiger partial charge in [-0.2, -0.15) is 0 Å². The minimum atomic E-state index is 0.684. The molecular formula is C11H16N4. The molecule has 1 N–H and O–H groups in total. The normalized spacial score (nSPS) is 15.4. The van der Waals surface area contributed by atoms with E-state index in [4.69, 9.17) is 0 Å². The molecule has 0 radical (unpaired) electrons. The van der Waals surface area contributed by atoms with Crippen molar-refractivity contribution in [3.63, 3.8) is 0 Å². The van der Waals surface area contributed by atoms with Crippen LogP contribution in [0.25, 0.3) is 6.08 Å². The maximum Gasteiger partial charge on any atom is 0.156 e. The van der Waals surface area contributed by atoms with Crippen LogP contribution < -0.4 is 10.2 Å². The van der Waals surface area contributed by atoms with E-state index in [1.165, 1.54) is 12.8 Å². The summed E-state index contributed by atoms with van der Waals surface area (Å²) in [5.74, 6) is 2.53. The predicted molar refractivity (Wildman–Crippen MR) is 63.1 cm³/mol. The van der Waals surface area contributed by atoms with Gasteiger partial charge in [-0.05, 0) is 18.9 Å². The van der Waals surface area contributed by atoms with E-state index in [9.17, 15) is 0 Å². The molecular weight excluding hydrogens is 188 g/mol. The van der Waals surface area contributed by atoms with E-state index in [1.54, 1.807) is 6.08 Å². The van der Waals surface area contributed by atoms with E-state index in [1.807, 2.05) is 13.1 Å². The maximum atomic E-state index is 4.44. The number of rotatable bonds is 3. The molecule has 0 spiro atoms. The van der Waals surface area contributed by atoms with Gasteiger partial charge in [0.25, 0.3) is 0 Å². The van der Waals surface area contributed by atoms with E-state index >= 15 is 0 Å². The first-order valence-electron chi connectivity index (χ1n) is 5.27. The number of nitrogens with one attached hydrogen (secondary N) is 1. The van der Waals surface area contributed by atoms with E-state index < -0.39 is 0 Å². The van der Waals surface area contributed by atoms with Crippen LogP contribution in [-0.2, 0) is 0 Å². The Morgan fingerprint density at radius 2 is 2.13 bits per heavy atom. The molecule has 2 heterocycles. The highest BCUT2D eigenvalue weighted by molar-refractivity contribution is 5.53. The van der Waals surface area contributed by atoms with Crippen LogP contribution in [0.15, 0.2) is 12.6 Å². The summed E-state index contributed by atoms with van der Waals surface area (Å²) in [6, 6.07) is 1.98. The van der Waals surface area contributed by atoms with E-state index in [-0.39, 0.29) is 0 Å². The number of nitrogens with zero attached hydrogens (tertiary/aromatic N) is 3. The summed E-state index contributed by atoms with van der Waals surface area (Å²) in [6.07, 6.45) is 4.19. The zero-order valence-electron chi connectivity index (χ0n) is 9.03. The molecule has 0 unspecified atom stereocenters. The highest BCUT2D eigenvalue weighted by Gasteiger charge is 2.14. The smallest absolute Gasteiger partial charge is 0.156 e. The number of hydrogen-bond acceptors (Lipinski definition) is 4. The minimum absolute atomic E-state index is 0.684. The van der Waals surface area contributed by atoms with Crippen molar-refractivity contribution >= 4 is 17.7 Å². The van der Waals surface area contributed by atoms with Gasteiger partial charge in [-0.1, -0.05) is 6.58 Å². The van der Waals surface area contributed by atoms with Gasteiger partial charge in [-0.15, -0.1) is 0 Å². The molecule has 0 amide bonds. The van der Waals surface area contributed by atoms with Crippen molar-refractivity contribution in [1.82, 2.24) is 9.97 Å². The van der Waals surface area contributed by atoms with Crippen molar-refractivity contribution in [3.8, 4) is 0 Å². The number of hydrogen-bond donors (Lipinski definition) is 1. The zero-order valence-corrected chi connectivity index (χ0v) is 9.03. The number of aromatic nitrogens is 2. The van der Waals surface area contributed by atoms with Gasteiger partial charge in [0.05, 0.1) is 0 Å². The Bertz CT molecular complexity index is 356. The monoisotopic (exact) mass is 204 g/mol. The molecule has 4 heteroatoms. The first-order valence-corrected chi connectivity index (χ1v) is 5.27. The second-order valence-electron chi connectivity index (χ2n) is 3.62. The molecule has 0 aromatic carbocycles. The molecule has 1 aromatic rings. The molecule has 0 bridgehead atoms. The second-order valence-corrected chi connectivity index (χ2v) is 3.62. The summed E-state index contributed by atoms with van der Waals surface area (Å²) in [5.41, 5.74) is 0. The van der Waals surface area contributed by atoms with Crippen molar-refractivity contribution in [3.05, 3.63) is 18.5 Å². The summed E-state index contributed by atoms with van der Waals surface area (Å²) in [4.78, 5) is 11.0. The molecule has 4 nitrogen and oxygen atoms in total. The van der Waals surface area contributed by atoms with Crippen LogP contribution in [0.3, 0.4) is 0 Å². The first kappa shape index (κ1) is 9.96. The van der Waals surface area contributed by atoms with Gasteiger partial charge in [0.2, 0.25) is 0 Å². The topological polar surface area (TPSA) is 41.1 Å². The Hall–Kier alpha value is -1.58. The average Bonchev–Trinajstić information content (AvgIpc) is 2.81. The van der Waals surface area contributed by atoms with Crippen molar-refractivity contribution < 1.29 is 0 Å². The third-order valence-corrected chi connectivity index (χ3v) is 2.60. The molecule has 0 aliphatic carbocycles. The Morgan fingerprint density at radius 3 is 2.73 bits per heavy atom. The SMILES string of the molecule is C=Cc1nc(NC)cc(N2CCCC2)n1. The largest absolute Gasteiger partial charge is 0.373 e. The molecule has 2 rings (SSSR count). The van der Waals surface area contributed by atoms with Gasteiger partial charge in [-0.25, -0.2) is 9.97 Å². The quantitative estimate of drug-likeness (QED) is 0.814. The first-order chi connectivity index (χ1) is 7.33. The van der Waals surface area contributed by atoms with Crippen molar-refractivity contribution in [2.75, 3.05) is 30.4 Å². The summed E-state index contributed by atoms with van der Waals surface area (Å²) < 4.78 is 0. The molecule has 15 heavy (non-hydrogen) atoms. The fraction of sp³-hybridized carbons (Fsp3) is 0.455. The molecule has 1 aliphatic heterocycles. The fourth-order valence-corrected chi connectivity index (χ4v) is 1.78. The minimum Gasteiger partial charge on any atom is -0.373 e. The van der Waals surface area contributed by atoms with E-state index in [0.717, 1.165) is 24.7 Å². The fourth-order valence-electron chi connectivity index (χ4n) is 1.78. The van der Waals surface area contributed by atoms with Crippen LogP contribution in [0, 0.1) is 0 Å². The summed E-state index contributed by atoms with van der Waals surface area (Å²) >= 11 is 0. The van der Waals surface area contributed by atoms with Crippen LogP contribution in [0.2, 0.25) is 0 Å². The molecule has 1 aromatic heterocycles. The van der Waals surface area contributed by atoms with Gasteiger partial charge in [-0.3, -0.25) is 0 Å². The van der Waals surface area contributed by atoms with E-state index in [0.29, 0.717) is 5.82 Å². The molecule has 1 saturated heterocycles. The van der Waals surface area contributed by atoms with Gasteiger partial charge in [0.1, 0.15) is 11.6 Å². The van der Waals surface area contributed by atoms with E-state index in [2.05, 4.69) is 26.8 Å². The highest BCUT2D eigenvalue weighted by atomic mass is 15.2. The van der Waals surface area contributed by atoms with Crippen molar-refractivity contribution in [1.29, 1.82) is 0 Å². The Morgan fingerprint density at radius 1 is 1.40 bits per heavy atom. The van der Waals surface area contributed by atoms with Crippen molar-refractivity contribution in [2.24, 2.45) is 0 Å². The summed E-state index contributed by atoms with van der Waals surface area (Å²) in [7, 11) is 1.86. The standard InChI is InChI=1S/C11H16N4/c1-3-9-13-10(12-2)8-11(14-9)15-6-4-5-7-15/h3,8H,1,4-7H2,2H3,(H,12,13,14). The maximum absolute atomic E-state index is 4.44. The zero-order chi connectivity index (χ0) is 10.7. The third kappa shape index (κ3) is 2.09. The molecule has 80 valence electrons. The Labute approximate surface area is 90.0 Å². The molecule has 1 aliphatic rings.